The molecule has 0 bridgehead atoms. The van der Waals surface area contributed by atoms with Crippen molar-refractivity contribution in [2.24, 2.45) is 0 Å². The minimum atomic E-state index is -0.861. The molecule has 0 aromatic heterocycles. The van der Waals surface area contributed by atoms with Crippen LogP contribution in [0.3, 0.4) is 0 Å². The van der Waals surface area contributed by atoms with Gasteiger partial charge in [-0.1, -0.05) is 41.5 Å². The van der Waals surface area contributed by atoms with Crippen molar-refractivity contribution < 1.29 is 14.7 Å². The zero-order valence-electron chi connectivity index (χ0n) is 17.0. The summed E-state index contributed by atoms with van der Waals surface area (Å²) >= 11 is 1.43. The summed E-state index contributed by atoms with van der Waals surface area (Å²) in [6.45, 7) is 15.8. The standard InChI is InChI=1S/C20H30N2O3S/c1-18(2,3)13-9-12(10-14(15(13)23)19(4,5)6)26-11-22-16(24)20(7,8)21-17(22)25/h9-10,23H,11H2,1-8H3,(H,21,25). The van der Waals surface area contributed by atoms with E-state index in [0.717, 1.165) is 16.0 Å². The van der Waals surface area contributed by atoms with Crippen LogP contribution in [0.1, 0.15) is 66.5 Å². The van der Waals surface area contributed by atoms with Crippen molar-refractivity contribution in [2.75, 3.05) is 5.88 Å². The van der Waals surface area contributed by atoms with E-state index >= 15 is 0 Å². The molecule has 1 aliphatic rings. The van der Waals surface area contributed by atoms with Gasteiger partial charge in [-0.05, 0) is 36.8 Å². The molecule has 0 aliphatic carbocycles. The molecule has 26 heavy (non-hydrogen) atoms. The number of nitrogens with one attached hydrogen (secondary N) is 1. The molecule has 0 unspecified atom stereocenters. The van der Waals surface area contributed by atoms with Crippen molar-refractivity contribution in [1.82, 2.24) is 10.2 Å². The number of carbonyl (C=O) groups excluding carboxylic acids is 2. The van der Waals surface area contributed by atoms with Gasteiger partial charge in [0.05, 0.1) is 5.88 Å². The van der Waals surface area contributed by atoms with Gasteiger partial charge in [0.15, 0.2) is 0 Å². The first-order valence-electron chi connectivity index (χ1n) is 8.79. The minimum Gasteiger partial charge on any atom is -0.507 e. The Bertz CT molecular complexity index is 707. The summed E-state index contributed by atoms with van der Waals surface area (Å²) in [7, 11) is 0. The van der Waals surface area contributed by atoms with E-state index in [1.54, 1.807) is 13.8 Å². The van der Waals surface area contributed by atoms with Gasteiger partial charge in [0.25, 0.3) is 5.91 Å². The van der Waals surface area contributed by atoms with Crippen LogP contribution >= 0.6 is 11.8 Å². The van der Waals surface area contributed by atoms with E-state index in [4.69, 9.17) is 0 Å². The molecule has 0 saturated carbocycles. The molecule has 0 radical (unpaired) electrons. The van der Waals surface area contributed by atoms with Gasteiger partial charge >= 0.3 is 6.03 Å². The molecule has 0 atom stereocenters. The maximum absolute atomic E-state index is 12.4. The van der Waals surface area contributed by atoms with Crippen molar-refractivity contribution >= 4 is 23.7 Å². The Morgan fingerprint density at radius 1 is 1.04 bits per heavy atom. The number of phenols is 1. The average Bonchev–Trinajstić information content (AvgIpc) is 2.64. The number of nitrogens with zero attached hydrogens (tertiary/aromatic N) is 1. The Balaban J connectivity index is 2.36. The number of imide groups is 1. The lowest BCUT2D eigenvalue weighted by atomic mass is 9.79. The van der Waals surface area contributed by atoms with Gasteiger partial charge in [0, 0.05) is 16.0 Å². The highest BCUT2D eigenvalue weighted by atomic mass is 32.2. The summed E-state index contributed by atoms with van der Waals surface area (Å²) in [5.41, 5.74) is 0.432. The summed E-state index contributed by atoms with van der Waals surface area (Å²) in [5.74, 6) is 0.345. The molecule has 5 nitrogen and oxygen atoms in total. The van der Waals surface area contributed by atoms with Gasteiger partial charge in [-0.3, -0.25) is 9.69 Å². The molecule has 1 heterocycles. The summed E-state index contributed by atoms with van der Waals surface area (Å²) in [4.78, 5) is 26.6. The van der Waals surface area contributed by atoms with E-state index in [2.05, 4.69) is 46.9 Å². The van der Waals surface area contributed by atoms with Gasteiger partial charge in [-0.25, -0.2) is 4.79 Å². The van der Waals surface area contributed by atoms with E-state index in [1.807, 2.05) is 12.1 Å². The second-order valence-electron chi connectivity index (χ2n) is 9.43. The van der Waals surface area contributed by atoms with E-state index in [0.29, 0.717) is 5.75 Å². The van der Waals surface area contributed by atoms with Crippen LogP contribution in [-0.2, 0) is 15.6 Å². The maximum Gasteiger partial charge on any atom is 0.325 e. The lowest BCUT2D eigenvalue weighted by molar-refractivity contribution is -0.129. The molecule has 1 aromatic carbocycles. The fourth-order valence-electron chi connectivity index (χ4n) is 2.91. The Kier molecular flexibility index (Phi) is 5.14. The van der Waals surface area contributed by atoms with Crippen molar-refractivity contribution in [1.29, 1.82) is 0 Å². The van der Waals surface area contributed by atoms with E-state index in [1.165, 1.54) is 16.7 Å². The molecule has 144 valence electrons. The Labute approximate surface area is 160 Å². The Morgan fingerprint density at radius 2 is 1.50 bits per heavy atom. The number of urea groups is 1. The summed E-state index contributed by atoms with van der Waals surface area (Å²) in [6, 6.07) is 3.55. The van der Waals surface area contributed by atoms with Gasteiger partial charge in [-0.15, -0.1) is 11.8 Å². The highest BCUT2D eigenvalue weighted by molar-refractivity contribution is 7.99. The third-order valence-electron chi connectivity index (χ3n) is 4.50. The van der Waals surface area contributed by atoms with Crippen molar-refractivity contribution in [3.05, 3.63) is 23.3 Å². The molecule has 0 spiro atoms. The number of hydrogen-bond donors (Lipinski definition) is 2. The number of aromatic hydroxyl groups is 1. The summed E-state index contributed by atoms with van der Waals surface area (Å²) in [5, 5.41) is 13.5. The number of thioether (sulfide) groups is 1. The quantitative estimate of drug-likeness (QED) is 0.605. The van der Waals surface area contributed by atoms with Crippen LogP contribution in [0.4, 0.5) is 4.79 Å². The number of phenolic OH excluding ortho intramolecular Hbond substituents is 1. The third-order valence-corrected chi connectivity index (χ3v) is 5.46. The topological polar surface area (TPSA) is 69.6 Å². The number of benzene rings is 1. The first-order chi connectivity index (χ1) is 11.6. The van der Waals surface area contributed by atoms with Gasteiger partial charge in [0.1, 0.15) is 11.3 Å². The normalized spacial score (nSPS) is 17.6. The maximum atomic E-state index is 12.4. The van der Waals surface area contributed by atoms with Gasteiger partial charge < -0.3 is 10.4 Å². The number of carbonyl (C=O) groups is 2. The van der Waals surface area contributed by atoms with Crippen molar-refractivity contribution in [3.63, 3.8) is 0 Å². The number of hydrogen-bond acceptors (Lipinski definition) is 4. The lowest BCUT2D eigenvalue weighted by Crippen LogP contribution is -2.40. The van der Waals surface area contributed by atoms with Crippen LogP contribution < -0.4 is 5.32 Å². The monoisotopic (exact) mass is 378 g/mol. The van der Waals surface area contributed by atoms with E-state index in [9.17, 15) is 14.7 Å². The minimum absolute atomic E-state index is 0.219. The second kappa shape index (κ2) is 6.48. The highest BCUT2D eigenvalue weighted by Gasteiger charge is 2.44. The van der Waals surface area contributed by atoms with Gasteiger partial charge in [0.2, 0.25) is 0 Å². The molecule has 2 rings (SSSR count). The number of amides is 3. The van der Waals surface area contributed by atoms with Crippen LogP contribution in [0.2, 0.25) is 0 Å². The van der Waals surface area contributed by atoms with Crippen LogP contribution in [-0.4, -0.2) is 33.4 Å². The van der Waals surface area contributed by atoms with Crippen LogP contribution in [0.25, 0.3) is 0 Å². The molecule has 2 N–H and O–H groups in total. The fourth-order valence-corrected chi connectivity index (χ4v) is 3.82. The molecular formula is C20H30N2O3S. The molecule has 6 heteroatoms. The predicted octanol–water partition coefficient (Wildman–Crippen LogP) is 4.37. The Hall–Kier alpha value is -1.69. The van der Waals surface area contributed by atoms with Crippen molar-refractivity contribution in [2.45, 2.75) is 76.7 Å². The van der Waals surface area contributed by atoms with Crippen LogP contribution in [0, 0.1) is 0 Å². The second-order valence-corrected chi connectivity index (χ2v) is 10.4. The van der Waals surface area contributed by atoms with E-state index in [-0.39, 0.29) is 28.6 Å². The van der Waals surface area contributed by atoms with Crippen molar-refractivity contribution in [3.8, 4) is 5.75 Å². The summed E-state index contributed by atoms with van der Waals surface area (Å²) < 4.78 is 0. The molecular weight excluding hydrogens is 348 g/mol. The highest BCUT2D eigenvalue weighted by Crippen LogP contribution is 2.42. The van der Waals surface area contributed by atoms with E-state index < -0.39 is 5.54 Å². The van der Waals surface area contributed by atoms with Gasteiger partial charge in [-0.2, -0.15) is 0 Å². The molecule has 1 aromatic rings. The molecule has 1 fully saturated rings. The molecule has 1 aliphatic heterocycles. The largest absolute Gasteiger partial charge is 0.507 e. The first kappa shape index (κ1) is 20.6. The summed E-state index contributed by atoms with van der Waals surface area (Å²) in [6.07, 6.45) is 0. The third kappa shape index (κ3) is 4.00. The van der Waals surface area contributed by atoms with Crippen LogP contribution in [0.5, 0.6) is 5.75 Å². The molecule has 1 saturated heterocycles. The predicted molar refractivity (Wildman–Crippen MR) is 106 cm³/mol. The lowest BCUT2D eigenvalue weighted by Gasteiger charge is -2.28. The van der Waals surface area contributed by atoms with Crippen LogP contribution in [0.15, 0.2) is 17.0 Å². The Morgan fingerprint density at radius 3 is 1.85 bits per heavy atom. The zero-order chi connectivity index (χ0) is 20.1. The molecule has 3 amide bonds. The fraction of sp³-hybridized carbons (Fsp3) is 0.600. The zero-order valence-corrected chi connectivity index (χ0v) is 17.8. The smallest absolute Gasteiger partial charge is 0.325 e. The average molecular weight is 379 g/mol. The SMILES string of the molecule is CC1(C)NC(=O)N(CSc2cc(C(C)(C)C)c(O)c(C(C)(C)C)c2)C1=O. The number of rotatable bonds is 3. The first-order valence-corrected chi connectivity index (χ1v) is 9.78.